The zero-order chi connectivity index (χ0) is 26.9. The first-order valence-corrected chi connectivity index (χ1v) is 14.1. The van der Waals surface area contributed by atoms with Crippen LogP contribution in [0.4, 0.5) is 17.6 Å². The molecule has 3 aliphatic rings. The van der Waals surface area contributed by atoms with Crippen LogP contribution in [0.2, 0.25) is 0 Å². The highest BCUT2D eigenvalue weighted by atomic mass is 16.2. The Balaban J connectivity index is 1.12. The molecule has 1 aliphatic carbocycles. The van der Waals surface area contributed by atoms with Gasteiger partial charge < -0.3 is 25.3 Å². The lowest BCUT2D eigenvalue weighted by atomic mass is 9.97. The van der Waals surface area contributed by atoms with E-state index in [-0.39, 0.29) is 23.8 Å². The van der Waals surface area contributed by atoms with E-state index in [1.807, 2.05) is 53.2 Å². The SMILES string of the molecule is CN(C)CC(=O)N1CCC[C@@H](CNC(=O)[C@@H]2CCCN2c2nc(Nc3cc(C4CC4)[nH]n3)c3cccn3n2)C1. The molecule has 3 aromatic heterocycles. The van der Waals surface area contributed by atoms with E-state index in [1.165, 1.54) is 12.8 Å². The molecular formula is C27H38N10O2. The largest absolute Gasteiger partial charge is 0.354 e. The molecule has 0 bridgehead atoms. The third kappa shape index (κ3) is 5.70. The fraction of sp³-hybridized carbons (Fsp3) is 0.593. The molecule has 12 nitrogen and oxygen atoms in total. The second-order valence-corrected chi connectivity index (χ2v) is 11.4. The van der Waals surface area contributed by atoms with Gasteiger partial charge in [-0.3, -0.25) is 14.7 Å². The lowest BCUT2D eigenvalue weighted by Gasteiger charge is -2.34. The Morgan fingerprint density at radius 3 is 2.82 bits per heavy atom. The van der Waals surface area contributed by atoms with E-state index < -0.39 is 0 Å². The number of carbonyl (C=O) groups excluding carboxylic acids is 2. The molecule has 0 radical (unpaired) electrons. The fourth-order valence-corrected chi connectivity index (χ4v) is 5.73. The molecule has 2 saturated heterocycles. The number of aromatic amines is 1. The van der Waals surface area contributed by atoms with Crippen molar-refractivity contribution in [1.29, 1.82) is 0 Å². The van der Waals surface area contributed by atoms with Gasteiger partial charge in [-0.25, -0.2) is 4.52 Å². The molecule has 3 N–H and O–H groups in total. The van der Waals surface area contributed by atoms with E-state index >= 15 is 0 Å². The molecule has 39 heavy (non-hydrogen) atoms. The van der Waals surface area contributed by atoms with Crippen LogP contribution in [0.5, 0.6) is 0 Å². The summed E-state index contributed by atoms with van der Waals surface area (Å²) >= 11 is 0. The van der Waals surface area contributed by atoms with Gasteiger partial charge in [0.1, 0.15) is 11.6 Å². The van der Waals surface area contributed by atoms with Crippen molar-refractivity contribution in [2.75, 3.05) is 57.0 Å². The first-order valence-electron chi connectivity index (χ1n) is 14.1. The molecule has 12 heteroatoms. The number of nitrogens with zero attached hydrogens (tertiary/aromatic N) is 7. The molecule has 1 saturated carbocycles. The lowest BCUT2D eigenvalue weighted by Crippen LogP contribution is -2.49. The van der Waals surface area contributed by atoms with Crippen molar-refractivity contribution in [3.05, 3.63) is 30.1 Å². The van der Waals surface area contributed by atoms with Crippen molar-refractivity contribution in [3.63, 3.8) is 0 Å². The average Bonchev–Trinajstić information content (AvgIpc) is 3.30. The Hall–Kier alpha value is -3.67. The predicted octanol–water partition coefficient (Wildman–Crippen LogP) is 1.96. The molecule has 2 atom stereocenters. The summed E-state index contributed by atoms with van der Waals surface area (Å²) in [5, 5.41) is 18.8. The summed E-state index contributed by atoms with van der Waals surface area (Å²) < 4.78 is 1.80. The second-order valence-electron chi connectivity index (χ2n) is 11.4. The monoisotopic (exact) mass is 534 g/mol. The number of fused-ring (bicyclic) bond motifs is 1. The molecule has 6 rings (SSSR count). The molecule has 0 spiro atoms. The molecule has 2 amide bonds. The molecule has 2 aliphatic heterocycles. The molecule has 208 valence electrons. The third-order valence-corrected chi connectivity index (χ3v) is 7.94. The lowest BCUT2D eigenvalue weighted by molar-refractivity contribution is -0.133. The van der Waals surface area contributed by atoms with Crippen molar-refractivity contribution < 1.29 is 9.59 Å². The van der Waals surface area contributed by atoms with Crippen molar-refractivity contribution in [2.24, 2.45) is 5.92 Å². The van der Waals surface area contributed by atoms with Crippen molar-refractivity contribution in [1.82, 2.24) is 39.9 Å². The maximum atomic E-state index is 13.4. The van der Waals surface area contributed by atoms with Crippen LogP contribution in [-0.2, 0) is 9.59 Å². The highest BCUT2D eigenvalue weighted by Gasteiger charge is 2.34. The Labute approximate surface area is 228 Å². The number of likely N-dealkylation sites (tertiary alicyclic amines) is 1. The number of rotatable bonds is 9. The Kier molecular flexibility index (Phi) is 7.11. The maximum Gasteiger partial charge on any atom is 0.246 e. The minimum atomic E-state index is -0.326. The molecule has 3 fully saturated rings. The van der Waals surface area contributed by atoms with Crippen LogP contribution in [0.1, 0.15) is 50.1 Å². The van der Waals surface area contributed by atoms with Crippen LogP contribution in [-0.4, -0.2) is 99.3 Å². The van der Waals surface area contributed by atoms with Gasteiger partial charge in [0.2, 0.25) is 17.8 Å². The van der Waals surface area contributed by atoms with Crippen molar-refractivity contribution in [3.8, 4) is 0 Å². The molecule has 0 unspecified atom stereocenters. The summed E-state index contributed by atoms with van der Waals surface area (Å²) in [5.41, 5.74) is 2.00. The third-order valence-electron chi connectivity index (χ3n) is 7.94. The first-order chi connectivity index (χ1) is 18.9. The minimum Gasteiger partial charge on any atom is -0.354 e. The van der Waals surface area contributed by atoms with Gasteiger partial charge in [0, 0.05) is 50.1 Å². The number of piperidine rings is 1. The van der Waals surface area contributed by atoms with Crippen molar-refractivity contribution >= 4 is 34.9 Å². The average molecular weight is 535 g/mol. The van der Waals surface area contributed by atoms with Gasteiger partial charge in [-0.2, -0.15) is 10.1 Å². The zero-order valence-corrected chi connectivity index (χ0v) is 22.8. The maximum absolute atomic E-state index is 13.4. The van der Waals surface area contributed by atoms with E-state index in [4.69, 9.17) is 10.1 Å². The number of nitrogens with one attached hydrogen (secondary N) is 3. The van der Waals surface area contributed by atoms with Gasteiger partial charge in [-0.05, 0) is 70.7 Å². The van der Waals surface area contributed by atoms with Gasteiger partial charge in [-0.1, -0.05) is 0 Å². The Morgan fingerprint density at radius 2 is 2.00 bits per heavy atom. The van der Waals surface area contributed by atoms with Crippen LogP contribution >= 0.6 is 0 Å². The number of hydrogen-bond donors (Lipinski definition) is 3. The summed E-state index contributed by atoms with van der Waals surface area (Å²) in [6.07, 6.45) is 7.93. The van der Waals surface area contributed by atoms with Crippen LogP contribution < -0.4 is 15.5 Å². The number of carbonyl (C=O) groups is 2. The minimum absolute atomic E-state index is 0.00340. The number of H-pyrrole nitrogens is 1. The highest BCUT2D eigenvalue weighted by molar-refractivity contribution is 5.85. The predicted molar refractivity (Wildman–Crippen MR) is 148 cm³/mol. The number of aromatic nitrogens is 5. The van der Waals surface area contributed by atoms with Gasteiger partial charge in [0.25, 0.3) is 0 Å². The van der Waals surface area contributed by atoms with E-state index in [9.17, 15) is 9.59 Å². The summed E-state index contributed by atoms with van der Waals surface area (Å²) in [6, 6.07) is 5.62. The summed E-state index contributed by atoms with van der Waals surface area (Å²) in [4.78, 5) is 36.6. The number of anilines is 3. The van der Waals surface area contributed by atoms with Crippen LogP contribution in [0.3, 0.4) is 0 Å². The van der Waals surface area contributed by atoms with Gasteiger partial charge in [-0.15, -0.1) is 5.10 Å². The summed E-state index contributed by atoms with van der Waals surface area (Å²) in [6.45, 7) is 3.19. The summed E-state index contributed by atoms with van der Waals surface area (Å²) in [7, 11) is 3.82. The topological polar surface area (TPSA) is 127 Å². The van der Waals surface area contributed by atoms with E-state index in [1.54, 1.807) is 4.52 Å². The zero-order valence-electron chi connectivity index (χ0n) is 22.8. The smallest absolute Gasteiger partial charge is 0.246 e. The standard InChI is InChI=1S/C27H38N10O2/c1-34(2)17-24(38)35-11-3-6-18(16-35)15-28-26(39)22-8-4-12-36(22)27-30-25(21-7-5-13-37(21)33-27)29-23-14-20(31-32-23)19-9-10-19/h5,7,13-14,18-19,22H,3-4,6,8-12,15-17H2,1-2H3,(H,28,39)(H2,29,30,31,32,33)/t18-,22-/m0/s1. The number of amides is 2. The Bertz CT molecular complexity index is 1330. The van der Waals surface area contributed by atoms with Crippen LogP contribution in [0.25, 0.3) is 5.52 Å². The van der Waals surface area contributed by atoms with E-state index in [0.717, 1.165) is 55.8 Å². The first kappa shape index (κ1) is 25.6. The quantitative estimate of drug-likeness (QED) is 0.380. The van der Waals surface area contributed by atoms with E-state index in [2.05, 4.69) is 20.8 Å². The number of hydrogen-bond acceptors (Lipinski definition) is 8. The number of likely N-dealkylation sites (N-methyl/N-ethyl adjacent to an activating group) is 1. The summed E-state index contributed by atoms with van der Waals surface area (Å²) in [5.74, 6) is 2.91. The van der Waals surface area contributed by atoms with Crippen LogP contribution in [0, 0.1) is 5.92 Å². The van der Waals surface area contributed by atoms with Gasteiger partial charge >= 0.3 is 0 Å². The molecule has 0 aromatic carbocycles. The molecular weight excluding hydrogens is 496 g/mol. The normalized spacial score (nSPS) is 21.6. The van der Waals surface area contributed by atoms with Gasteiger partial charge in [0.05, 0.1) is 6.54 Å². The highest BCUT2D eigenvalue weighted by Crippen LogP contribution is 2.39. The molecule has 5 heterocycles. The van der Waals surface area contributed by atoms with Gasteiger partial charge in [0.15, 0.2) is 11.6 Å². The van der Waals surface area contributed by atoms with Crippen LogP contribution in [0.15, 0.2) is 24.4 Å². The Morgan fingerprint density at radius 1 is 1.15 bits per heavy atom. The van der Waals surface area contributed by atoms with E-state index in [0.29, 0.717) is 37.3 Å². The molecule has 3 aromatic rings. The second kappa shape index (κ2) is 10.8. The fourth-order valence-electron chi connectivity index (χ4n) is 5.73. The van der Waals surface area contributed by atoms with Crippen molar-refractivity contribution in [2.45, 2.75) is 50.5 Å².